The largest absolute Gasteiger partial charge is 0.313 e. The first-order valence-corrected chi connectivity index (χ1v) is 9.61. The van der Waals surface area contributed by atoms with Crippen LogP contribution in [0.3, 0.4) is 0 Å². The topological polar surface area (TPSA) is 73.5 Å². The first-order chi connectivity index (χ1) is 13.1. The molecule has 0 radical (unpaired) electrons. The number of hydrogen-bond acceptors (Lipinski definition) is 6. The van der Waals surface area contributed by atoms with E-state index < -0.39 is 0 Å². The van der Waals surface area contributed by atoms with Crippen LogP contribution in [0.4, 0.5) is 10.9 Å². The van der Waals surface area contributed by atoms with Crippen LogP contribution < -0.4 is 5.32 Å². The summed E-state index contributed by atoms with van der Waals surface area (Å²) < 4.78 is 3.88. The third-order valence-electron chi connectivity index (χ3n) is 4.27. The van der Waals surface area contributed by atoms with Gasteiger partial charge in [0.05, 0.1) is 12.2 Å². The highest BCUT2D eigenvalue weighted by molar-refractivity contribution is 7.15. The number of hydrogen-bond donors (Lipinski definition) is 1. The molecule has 27 heavy (non-hydrogen) atoms. The standard InChI is InChI=1S/C19H21N7S/c1-13-11-14(2)26(23-13)15(3)18-21-22-19(27-18)20-17-9-10-25(24-17)12-16-7-5-4-6-8-16/h4-11,15H,12H2,1-3H3,(H,20,22,24). The second-order valence-corrected chi connectivity index (χ2v) is 7.51. The van der Waals surface area contributed by atoms with Crippen molar-refractivity contribution in [2.24, 2.45) is 0 Å². The second-order valence-electron chi connectivity index (χ2n) is 6.50. The van der Waals surface area contributed by atoms with Crippen LogP contribution >= 0.6 is 11.3 Å². The Morgan fingerprint density at radius 2 is 1.89 bits per heavy atom. The Kier molecular flexibility index (Phi) is 4.72. The lowest BCUT2D eigenvalue weighted by molar-refractivity contribution is 0.540. The highest BCUT2D eigenvalue weighted by Crippen LogP contribution is 2.27. The van der Waals surface area contributed by atoms with Gasteiger partial charge in [0, 0.05) is 18.0 Å². The fourth-order valence-corrected chi connectivity index (χ4v) is 3.78. The maximum atomic E-state index is 4.56. The summed E-state index contributed by atoms with van der Waals surface area (Å²) in [6.45, 7) is 6.86. The van der Waals surface area contributed by atoms with E-state index in [9.17, 15) is 0 Å². The molecule has 0 aliphatic rings. The van der Waals surface area contributed by atoms with E-state index in [1.54, 1.807) is 0 Å². The zero-order valence-electron chi connectivity index (χ0n) is 15.5. The molecule has 0 amide bonds. The smallest absolute Gasteiger partial charge is 0.211 e. The molecule has 0 aliphatic heterocycles. The first-order valence-electron chi connectivity index (χ1n) is 8.79. The van der Waals surface area contributed by atoms with E-state index in [0.29, 0.717) is 0 Å². The van der Waals surface area contributed by atoms with Crippen molar-refractivity contribution in [3.8, 4) is 0 Å². The molecule has 138 valence electrons. The van der Waals surface area contributed by atoms with Crippen LogP contribution in [0, 0.1) is 13.8 Å². The maximum absolute atomic E-state index is 4.56. The lowest BCUT2D eigenvalue weighted by Crippen LogP contribution is -2.10. The summed E-state index contributed by atoms with van der Waals surface area (Å²) in [6.07, 6.45) is 1.95. The van der Waals surface area contributed by atoms with Gasteiger partial charge in [0.2, 0.25) is 5.13 Å². The van der Waals surface area contributed by atoms with Gasteiger partial charge in [-0.3, -0.25) is 9.36 Å². The van der Waals surface area contributed by atoms with Gasteiger partial charge < -0.3 is 5.32 Å². The predicted molar refractivity (Wildman–Crippen MR) is 106 cm³/mol. The minimum absolute atomic E-state index is 0.0439. The van der Waals surface area contributed by atoms with E-state index in [0.717, 1.165) is 33.9 Å². The van der Waals surface area contributed by atoms with Gasteiger partial charge in [-0.1, -0.05) is 41.7 Å². The Morgan fingerprint density at radius 1 is 1.07 bits per heavy atom. The average Bonchev–Trinajstić information content (AvgIpc) is 3.37. The lowest BCUT2D eigenvalue weighted by Gasteiger charge is -2.10. The maximum Gasteiger partial charge on any atom is 0.211 e. The Balaban J connectivity index is 1.44. The van der Waals surface area contributed by atoms with Gasteiger partial charge >= 0.3 is 0 Å². The highest BCUT2D eigenvalue weighted by Gasteiger charge is 2.17. The normalized spacial score (nSPS) is 12.3. The molecule has 4 aromatic rings. The van der Waals surface area contributed by atoms with Gasteiger partial charge in [-0.2, -0.15) is 10.2 Å². The molecule has 0 bridgehead atoms. The first kappa shape index (κ1) is 17.4. The monoisotopic (exact) mass is 379 g/mol. The number of aromatic nitrogens is 6. The van der Waals surface area contributed by atoms with Crippen molar-refractivity contribution in [1.29, 1.82) is 0 Å². The molecule has 1 atom stereocenters. The summed E-state index contributed by atoms with van der Waals surface area (Å²) in [4.78, 5) is 0. The van der Waals surface area contributed by atoms with E-state index in [4.69, 9.17) is 0 Å². The highest BCUT2D eigenvalue weighted by atomic mass is 32.1. The van der Waals surface area contributed by atoms with Gasteiger partial charge in [-0.05, 0) is 32.4 Å². The minimum atomic E-state index is 0.0439. The Hall–Kier alpha value is -3.00. The number of anilines is 2. The van der Waals surface area contributed by atoms with Crippen molar-refractivity contribution >= 4 is 22.3 Å². The molecule has 0 fully saturated rings. The average molecular weight is 379 g/mol. The fraction of sp³-hybridized carbons (Fsp3) is 0.263. The molecule has 4 rings (SSSR count). The number of nitrogens with zero attached hydrogens (tertiary/aromatic N) is 6. The lowest BCUT2D eigenvalue weighted by atomic mass is 10.2. The summed E-state index contributed by atoms with van der Waals surface area (Å²) in [5, 5.41) is 22.6. The summed E-state index contributed by atoms with van der Waals surface area (Å²) in [6, 6.07) is 14.3. The molecule has 7 nitrogen and oxygen atoms in total. The Labute approximate surface area is 161 Å². The number of aryl methyl sites for hydroxylation is 2. The van der Waals surface area contributed by atoms with Crippen molar-refractivity contribution in [2.45, 2.75) is 33.4 Å². The molecule has 1 unspecified atom stereocenters. The minimum Gasteiger partial charge on any atom is -0.313 e. The van der Waals surface area contributed by atoms with Crippen LogP contribution in [-0.2, 0) is 6.54 Å². The van der Waals surface area contributed by atoms with Crippen molar-refractivity contribution in [3.63, 3.8) is 0 Å². The van der Waals surface area contributed by atoms with Gasteiger partial charge in [0.1, 0.15) is 11.0 Å². The Morgan fingerprint density at radius 3 is 2.63 bits per heavy atom. The van der Waals surface area contributed by atoms with Crippen LogP contribution in [0.15, 0.2) is 48.7 Å². The van der Waals surface area contributed by atoms with Gasteiger partial charge in [0.25, 0.3) is 0 Å². The second kappa shape index (κ2) is 7.32. The Bertz CT molecular complexity index is 1030. The molecular weight excluding hydrogens is 358 g/mol. The molecule has 0 saturated carbocycles. The molecule has 1 N–H and O–H groups in total. The molecule has 0 spiro atoms. The SMILES string of the molecule is Cc1cc(C)n(C(C)c2nnc(Nc3ccn(Cc4ccccc4)n3)s2)n1. The summed E-state index contributed by atoms with van der Waals surface area (Å²) in [5.41, 5.74) is 3.33. The van der Waals surface area contributed by atoms with Crippen molar-refractivity contribution in [1.82, 2.24) is 29.8 Å². The zero-order chi connectivity index (χ0) is 18.8. The van der Waals surface area contributed by atoms with E-state index >= 15 is 0 Å². The number of rotatable bonds is 6. The molecule has 8 heteroatoms. The van der Waals surface area contributed by atoms with Crippen LogP contribution in [0.1, 0.15) is 34.9 Å². The number of nitrogens with one attached hydrogen (secondary N) is 1. The molecule has 1 aromatic carbocycles. The molecule has 3 aromatic heterocycles. The van der Waals surface area contributed by atoms with E-state index in [2.05, 4.69) is 57.8 Å². The van der Waals surface area contributed by atoms with E-state index in [1.807, 2.05) is 46.7 Å². The zero-order valence-corrected chi connectivity index (χ0v) is 16.3. The van der Waals surface area contributed by atoms with Crippen LogP contribution in [-0.4, -0.2) is 29.8 Å². The van der Waals surface area contributed by atoms with Crippen LogP contribution in [0.2, 0.25) is 0 Å². The van der Waals surface area contributed by atoms with Gasteiger partial charge in [-0.15, -0.1) is 10.2 Å². The van der Waals surface area contributed by atoms with E-state index in [-0.39, 0.29) is 6.04 Å². The van der Waals surface area contributed by atoms with Gasteiger partial charge in [-0.25, -0.2) is 0 Å². The molecule has 0 aliphatic carbocycles. The molecule has 0 saturated heterocycles. The van der Waals surface area contributed by atoms with Crippen molar-refractivity contribution in [2.75, 3.05) is 5.32 Å². The number of benzene rings is 1. The van der Waals surface area contributed by atoms with Crippen LogP contribution in [0.25, 0.3) is 0 Å². The van der Waals surface area contributed by atoms with Crippen molar-refractivity contribution < 1.29 is 0 Å². The third kappa shape index (κ3) is 3.90. The fourth-order valence-electron chi connectivity index (χ4n) is 2.99. The van der Waals surface area contributed by atoms with E-state index in [1.165, 1.54) is 16.9 Å². The summed E-state index contributed by atoms with van der Waals surface area (Å²) in [5.74, 6) is 0.757. The summed E-state index contributed by atoms with van der Waals surface area (Å²) in [7, 11) is 0. The predicted octanol–water partition coefficient (Wildman–Crippen LogP) is 3.95. The van der Waals surface area contributed by atoms with Crippen molar-refractivity contribution in [3.05, 3.63) is 70.6 Å². The molecule has 3 heterocycles. The third-order valence-corrected chi connectivity index (χ3v) is 5.28. The van der Waals surface area contributed by atoms with Crippen LogP contribution in [0.5, 0.6) is 0 Å². The summed E-state index contributed by atoms with van der Waals surface area (Å²) >= 11 is 1.52. The molecular formula is C19H21N7S. The van der Waals surface area contributed by atoms with Gasteiger partial charge in [0.15, 0.2) is 5.82 Å². The quantitative estimate of drug-likeness (QED) is 0.549.